The molecule has 0 saturated carbocycles. The molecule has 0 radical (unpaired) electrons. The third kappa shape index (κ3) is 4.22. The number of nitrogens with one attached hydrogen (secondary N) is 3. The quantitative estimate of drug-likeness (QED) is 0.389. The fourth-order valence-corrected chi connectivity index (χ4v) is 1.27. The molecule has 100 valence electrons. The topological polar surface area (TPSA) is 91.0 Å². The zero-order valence-corrected chi connectivity index (χ0v) is 11.4. The molecule has 0 heterocycles. The summed E-state index contributed by atoms with van der Waals surface area (Å²) in [4.78, 5) is 11.1. The van der Waals surface area contributed by atoms with E-state index in [-0.39, 0.29) is 16.0 Å². The summed E-state index contributed by atoms with van der Waals surface area (Å²) in [5.74, 6) is -1.07. The lowest BCUT2D eigenvalue weighted by Crippen LogP contribution is -2.13. The Balaban J connectivity index is 2.94. The van der Waals surface area contributed by atoms with Crippen molar-refractivity contribution in [3.05, 3.63) is 47.4 Å². The molecule has 0 bridgehead atoms. The van der Waals surface area contributed by atoms with Gasteiger partial charge in [-0.25, -0.2) is 4.39 Å². The first-order chi connectivity index (χ1) is 8.97. The maximum absolute atomic E-state index is 13.6. The minimum absolute atomic E-state index is 0.0469. The Labute approximate surface area is 118 Å². The Hall–Kier alpha value is -2.15. The molecule has 0 saturated heterocycles. The number of amidine groups is 1. The second-order valence-electron chi connectivity index (χ2n) is 3.40. The number of benzene rings is 1. The van der Waals surface area contributed by atoms with Crippen LogP contribution >= 0.6 is 15.9 Å². The van der Waals surface area contributed by atoms with E-state index in [1.807, 2.05) is 0 Å². The largest absolute Gasteiger partial charge is 0.404 e. The molecular weight excluding hydrogens is 315 g/mol. The Kier molecular flexibility index (Phi) is 5.25. The van der Waals surface area contributed by atoms with Crippen molar-refractivity contribution in [1.29, 1.82) is 5.41 Å². The van der Waals surface area contributed by atoms with Crippen molar-refractivity contribution in [2.24, 2.45) is 5.73 Å². The van der Waals surface area contributed by atoms with Gasteiger partial charge in [-0.2, -0.15) is 0 Å². The van der Waals surface area contributed by atoms with E-state index in [1.165, 1.54) is 18.2 Å². The first kappa shape index (κ1) is 14.9. The summed E-state index contributed by atoms with van der Waals surface area (Å²) in [6.07, 6.45) is 2.27. The zero-order valence-electron chi connectivity index (χ0n) is 9.84. The highest BCUT2D eigenvalue weighted by Gasteiger charge is 2.08. The molecule has 1 rings (SSSR count). The van der Waals surface area contributed by atoms with Gasteiger partial charge in [0.2, 0.25) is 5.91 Å². The van der Waals surface area contributed by atoms with Gasteiger partial charge in [0.25, 0.3) is 0 Å². The van der Waals surface area contributed by atoms with Crippen LogP contribution in [0, 0.1) is 11.2 Å². The Morgan fingerprint density at radius 3 is 2.74 bits per heavy atom. The Morgan fingerprint density at radius 2 is 2.16 bits per heavy atom. The number of carbonyl (C=O) groups is 1. The predicted octanol–water partition coefficient (Wildman–Crippen LogP) is 2.53. The minimum Gasteiger partial charge on any atom is -0.404 e. The molecule has 0 aliphatic rings. The van der Waals surface area contributed by atoms with Crippen LogP contribution in [0.15, 0.2) is 41.5 Å². The summed E-state index contributed by atoms with van der Waals surface area (Å²) in [6, 6.07) is 3.94. The molecule has 0 aliphatic carbocycles. The van der Waals surface area contributed by atoms with Crippen molar-refractivity contribution in [2.75, 3.05) is 10.6 Å². The van der Waals surface area contributed by atoms with E-state index in [9.17, 15) is 9.18 Å². The Morgan fingerprint density at radius 1 is 1.47 bits per heavy atom. The van der Waals surface area contributed by atoms with Crippen molar-refractivity contribution in [3.8, 4) is 0 Å². The van der Waals surface area contributed by atoms with Gasteiger partial charge in [0, 0.05) is 11.9 Å². The highest BCUT2D eigenvalue weighted by atomic mass is 79.9. The van der Waals surface area contributed by atoms with Gasteiger partial charge < -0.3 is 16.4 Å². The summed E-state index contributed by atoms with van der Waals surface area (Å²) >= 11 is 3.04. The molecule has 0 spiro atoms. The van der Waals surface area contributed by atoms with Crippen molar-refractivity contribution < 1.29 is 9.18 Å². The summed E-state index contributed by atoms with van der Waals surface area (Å²) in [6.45, 7) is 3.32. The average Bonchev–Trinajstić information content (AvgIpc) is 2.41. The molecule has 0 fully saturated rings. The van der Waals surface area contributed by atoms with Gasteiger partial charge in [0.15, 0.2) is 0 Å². The van der Waals surface area contributed by atoms with E-state index in [0.717, 1.165) is 12.3 Å². The first-order valence-corrected chi connectivity index (χ1v) is 5.93. The molecule has 1 amide bonds. The van der Waals surface area contributed by atoms with Crippen LogP contribution < -0.4 is 16.4 Å². The van der Waals surface area contributed by atoms with Crippen LogP contribution in [0.1, 0.15) is 0 Å². The number of rotatable bonds is 4. The molecule has 0 aliphatic heterocycles. The fourth-order valence-electron chi connectivity index (χ4n) is 1.17. The summed E-state index contributed by atoms with van der Waals surface area (Å²) in [7, 11) is 0. The van der Waals surface area contributed by atoms with Crippen LogP contribution in [-0.2, 0) is 4.79 Å². The number of hydrogen-bond acceptors (Lipinski definition) is 3. The van der Waals surface area contributed by atoms with E-state index in [4.69, 9.17) is 11.1 Å². The third-order valence-corrected chi connectivity index (χ3v) is 2.72. The van der Waals surface area contributed by atoms with Crippen LogP contribution in [0.4, 0.5) is 15.8 Å². The number of amides is 1. The van der Waals surface area contributed by atoms with Gasteiger partial charge >= 0.3 is 0 Å². The number of hydrogen-bond donors (Lipinski definition) is 4. The van der Waals surface area contributed by atoms with Gasteiger partial charge in [-0.3, -0.25) is 10.2 Å². The van der Waals surface area contributed by atoms with E-state index in [2.05, 4.69) is 33.1 Å². The highest BCUT2D eigenvalue weighted by Crippen LogP contribution is 2.21. The lowest BCUT2D eigenvalue weighted by molar-refractivity contribution is -0.111. The minimum atomic E-state index is -0.557. The number of anilines is 2. The number of halogens is 2. The van der Waals surface area contributed by atoms with Crippen molar-refractivity contribution in [2.45, 2.75) is 0 Å². The van der Waals surface area contributed by atoms with E-state index >= 15 is 0 Å². The lowest BCUT2D eigenvalue weighted by atomic mass is 10.2. The first-order valence-electron chi connectivity index (χ1n) is 5.14. The van der Waals surface area contributed by atoms with Gasteiger partial charge in [-0.05, 0) is 40.2 Å². The predicted molar refractivity (Wildman–Crippen MR) is 77.8 cm³/mol. The molecule has 0 aromatic heterocycles. The highest BCUT2D eigenvalue weighted by molar-refractivity contribution is 9.12. The van der Waals surface area contributed by atoms with Gasteiger partial charge in [0.1, 0.15) is 11.7 Å². The molecule has 1 aromatic carbocycles. The average molecular weight is 327 g/mol. The van der Waals surface area contributed by atoms with E-state index in [1.54, 1.807) is 0 Å². The molecule has 0 unspecified atom stereocenters. The third-order valence-electron chi connectivity index (χ3n) is 2.06. The monoisotopic (exact) mass is 326 g/mol. The van der Waals surface area contributed by atoms with Gasteiger partial charge in [-0.1, -0.05) is 6.58 Å². The summed E-state index contributed by atoms with van der Waals surface area (Å²) in [5, 5.41) is 12.6. The van der Waals surface area contributed by atoms with Crippen molar-refractivity contribution >= 4 is 39.0 Å². The molecule has 1 aromatic rings. The maximum Gasteiger partial charge on any atom is 0.247 e. The lowest BCUT2D eigenvalue weighted by Gasteiger charge is -2.10. The molecule has 5 N–H and O–H groups in total. The normalized spacial score (nSPS) is 10.7. The molecule has 7 heteroatoms. The van der Waals surface area contributed by atoms with Crippen molar-refractivity contribution in [1.82, 2.24) is 0 Å². The van der Waals surface area contributed by atoms with Crippen molar-refractivity contribution in [3.63, 3.8) is 0 Å². The van der Waals surface area contributed by atoms with Gasteiger partial charge in [-0.15, -0.1) is 0 Å². The summed E-state index contributed by atoms with van der Waals surface area (Å²) in [5.41, 5.74) is 5.66. The SMILES string of the molecule is C=CC(=O)Nc1ccc(F)c(NC(=N)/C(Br)=C\N)c1. The van der Waals surface area contributed by atoms with Crippen LogP contribution in [0.3, 0.4) is 0 Å². The smallest absolute Gasteiger partial charge is 0.247 e. The van der Waals surface area contributed by atoms with Crippen LogP contribution in [-0.4, -0.2) is 11.7 Å². The van der Waals surface area contributed by atoms with Crippen LogP contribution in [0.2, 0.25) is 0 Å². The second-order valence-corrected chi connectivity index (χ2v) is 4.26. The molecule has 5 nitrogen and oxygen atoms in total. The standard InChI is InChI=1S/C12H12BrFN4O/c1-2-11(19)17-7-3-4-9(14)10(5-7)18-12(16)8(13)6-15/h2-6H,1,15H2,(H2,16,18)(H,17,19)/b8-6+. The number of carbonyl (C=O) groups excluding carboxylic acids is 1. The fraction of sp³-hybridized carbons (Fsp3) is 0. The molecule has 19 heavy (non-hydrogen) atoms. The Bertz CT molecular complexity index is 557. The number of nitrogens with two attached hydrogens (primary N) is 1. The van der Waals surface area contributed by atoms with E-state index < -0.39 is 11.7 Å². The molecular formula is C12H12BrFN4O. The maximum atomic E-state index is 13.6. The van der Waals surface area contributed by atoms with Crippen LogP contribution in [0.5, 0.6) is 0 Å². The van der Waals surface area contributed by atoms with Crippen LogP contribution in [0.25, 0.3) is 0 Å². The zero-order chi connectivity index (χ0) is 14.4. The van der Waals surface area contributed by atoms with E-state index in [0.29, 0.717) is 5.69 Å². The molecule has 0 atom stereocenters. The second kappa shape index (κ2) is 6.69. The summed E-state index contributed by atoms with van der Waals surface area (Å²) < 4.78 is 13.8. The van der Waals surface area contributed by atoms with Gasteiger partial charge in [0.05, 0.1) is 10.2 Å².